The Labute approximate surface area is 111 Å². The Hall–Kier alpha value is -0.740. The van der Waals surface area contributed by atoms with E-state index in [9.17, 15) is 9.50 Å². The molecule has 2 saturated heterocycles. The Kier molecular flexibility index (Phi) is 3.02. The zero-order valence-electron chi connectivity index (χ0n) is 10.4. The molecule has 2 aliphatic heterocycles. The monoisotopic (exact) mass is 268 g/mol. The van der Waals surface area contributed by atoms with Gasteiger partial charge in [0.2, 0.25) is 0 Å². The Morgan fingerprint density at radius 1 is 1.28 bits per heavy atom. The second-order valence-corrected chi connectivity index (χ2v) is 6.88. The van der Waals surface area contributed by atoms with Gasteiger partial charge in [-0.3, -0.25) is 0 Å². The van der Waals surface area contributed by atoms with Crippen molar-refractivity contribution >= 4 is 11.8 Å². The van der Waals surface area contributed by atoms with E-state index < -0.39 is 5.60 Å². The highest BCUT2D eigenvalue weighted by molar-refractivity contribution is 8.00. The summed E-state index contributed by atoms with van der Waals surface area (Å²) in [7, 11) is 1.52. The van der Waals surface area contributed by atoms with E-state index in [1.807, 2.05) is 11.8 Å². The largest absolute Gasteiger partial charge is 0.497 e. The summed E-state index contributed by atoms with van der Waals surface area (Å²) < 4.78 is 18.6. The Morgan fingerprint density at radius 2 is 1.94 bits per heavy atom. The fourth-order valence-corrected chi connectivity index (χ4v) is 4.93. The lowest BCUT2D eigenvalue weighted by atomic mass is 9.86. The number of aliphatic hydroxyl groups is 1. The molecule has 2 atom stereocenters. The third kappa shape index (κ3) is 2.12. The van der Waals surface area contributed by atoms with Crippen LogP contribution in [0.25, 0.3) is 0 Å². The number of methoxy groups -OCH3 is 1. The quantitative estimate of drug-likeness (QED) is 0.894. The molecule has 2 aliphatic rings. The molecule has 0 saturated carbocycles. The highest BCUT2D eigenvalue weighted by Crippen LogP contribution is 2.51. The molecule has 18 heavy (non-hydrogen) atoms. The van der Waals surface area contributed by atoms with Crippen LogP contribution in [0.1, 0.15) is 31.2 Å². The third-order valence-corrected chi connectivity index (χ3v) is 5.55. The van der Waals surface area contributed by atoms with Crippen molar-refractivity contribution < 1.29 is 14.2 Å². The van der Waals surface area contributed by atoms with Gasteiger partial charge in [-0.25, -0.2) is 4.39 Å². The molecule has 4 heteroatoms. The number of thioether (sulfide) groups is 1. The van der Waals surface area contributed by atoms with Crippen molar-refractivity contribution in [2.24, 2.45) is 0 Å². The van der Waals surface area contributed by atoms with Crippen LogP contribution < -0.4 is 4.74 Å². The van der Waals surface area contributed by atoms with Crippen LogP contribution in [0.4, 0.5) is 4.39 Å². The smallest absolute Gasteiger partial charge is 0.127 e. The highest BCUT2D eigenvalue weighted by atomic mass is 32.2. The van der Waals surface area contributed by atoms with Gasteiger partial charge in [0, 0.05) is 16.6 Å². The number of benzene rings is 1. The van der Waals surface area contributed by atoms with Gasteiger partial charge < -0.3 is 9.84 Å². The van der Waals surface area contributed by atoms with Crippen LogP contribution in [0.15, 0.2) is 18.2 Å². The maximum Gasteiger partial charge on any atom is 0.127 e. The molecule has 2 heterocycles. The lowest BCUT2D eigenvalue weighted by molar-refractivity contribution is 0.0191. The molecule has 2 nitrogen and oxygen atoms in total. The Bertz CT molecular complexity index is 451. The van der Waals surface area contributed by atoms with E-state index in [0.717, 1.165) is 12.8 Å². The second kappa shape index (κ2) is 4.42. The molecule has 0 amide bonds. The maximum absolute atomic E-state index is 13.6. The topological polar surface area (TPSA) is 29.5 Å². The molecule has 2 unspecified atom stereocenters. The summed E-state index contributed by atoms with van der Waals surface area (Å²) in [6.45, 7) is 0. The van der Waals surface area contributed by atoms with E-state index in [0.29, 0.717) is 21.8 Å². The van der Waals surface area contributed by atoms with E-state index >= 15 is 0 Å². The molecule has 2 bridgehead atoms. The molecule has 3 rings (SSSR count). The third-order valence-electron chi connectivity index (χ3n) is 3.97. The lowest BCUT2D eigenvalue weighted by Crippen LogP contribution is -2.34. The first-order chi connectivity index (χ1) is 8.59. The summed E-state index contributed by atoms with van der Waals surface area (Å²) in [4.78, 5) is 0. The zero-order chi connectivity index (χ0) is 12.8. The van der Waals surface area contributed by atoms with Crippen molar-refractivity contribution in [1.82, 2.24) is 0 Å². The standard InChI is InChI=1S/C14H17FO2S/c1-17-11-5-9(4-10(15)6-11)14(16)7-12-2-3-13(8-14)18-12/h4-6,12-13,16H,2-3,7-8H2,1H3. The van der Waals surface area contributed by atoms with Gasteiger partial charge in [-0.05, 0) is 43.4 Å². The Balaban J connectivity index is 1.95. The SMILES string of the molecule is COc1cc(F)cc(C2(O)CC3CCC(C2)S3)c1. The first kappa shape index (κ1) is 12.3. The molecule has 0 aromatic heterocycles. The summed E-state index contributed by atoms with van der Waals surface area (Å²) in [6.07, 6.45) is 3.79. The minimum absolute atomic E-state index is 0.344. The van der Waals surface area contributed by atoms with Gasteiger partial charge in [0.15, 0.2) is 0 Å². The van der Waals surface area contributed by atoms with Crippen molar-refractivity contribution in [3.63, 3.8) is 0 Å². The molecular formula is C14H17FO2S. The van der Waals surface area contributed by atoms with Gasteiger partial charge in [0.1, 0.15) is 11.6 Å². The van der Waals surface area contributed by atoms with Gasteiger partial charge in [-0.2, -0.15) is 11.8 Å². The predicted molar refractivity (Wildman–Crippen MR) is 70.5 cm³/mol. The van der Waals surface area contributed by atoms with E-state index in [1.165, 1.54) is 32.1 Å². The summed E-state index contributed by atoms with van der Waals surface area (Å²) >= 11 is 1.98. The lowest BCUT2D eigenvalue weighted by Gasteiger charge is -2.36. The van der Waals surface area contributed by atoms with Crippen LogP contribution in [0, 0.1) is 5.82 Å². The molecule has 1 aromatic carbocycles. The molecule has 0 spiro atoms. The van der Waals surface area contributed by atoms with Crippen molar-refractivity contribution in [3.8, 4) is 5.75 Å². The number of hydrogen-bond acceptors (Lipinski definition) is 3. The second-order valence-electron chi connectivity index (χ2n) is 5.28. The molecule has 98 valence electrons. The van der Waals surface area contributed by atoms with Crippen molar-refractivity contribution in [3.05, 3.63) is 29.6 Å². The average Bonchev–Trinajstić information content (AvgIpc) is 2.68. The Morgan fingerprint density at radius 3 is 2.56 bits per heavy atom. The zero-order valence-corrected chi connectivity index (χ0v) is 11.2. The van der Waals surface area contributed by atoms with E-state index in [2.05, 4.69) is 0 Å². The van der Waals surface area contributed by atoms with Gasteiger partial charge in [0.05, 0.1) is 12.7 Å². The summed E-state index contributed by atoms with van der Waals surface area (Å²) in [6, 6.07) is 4.55. The normalized spacial score (nSPS) is 34.6. The van der Waals surface area contributed by atoms with Crippen LogP contribution >= 0.6 is 11.8 Å². The van der Waals surface area contributed by atoms with Crippen LogP contribution in [-0.2, 0) is 5.60 Å². The first-order valence-corrected chi connectivity index (χ1v) is 7.26. The minimum atomic E-state index is -0.882. The predicted octanol–water partition coefficient (Wildman–Crippen LogP) is 3.08. The minimum Gasteiger partial charge on any atom is -0.497 e. The molecule has 1 N–H and O–H groups in total. The van der Waals surface area contributed by atoms with Crippen LogP contribution in [-0.4, -0.2) is 22.7 Å². The van der Waals surface area contributed by atoms with Crippen LogP contribution in [0.5, 0.6) is 5.75 Å². The number of hydrogen-bond donors (Lipinski definition) is 1. The number of halogens is 1. The van der Waals surface area contributed by atoms with Gasteiger partial charge >= 0.3 is 0 Å². The maximum atomic E-state index is 13.6. The molecule has 0 aliphatic carbocycles. The molecule has 0 radical (unpaired) electrons. The van der Waals surface area contributed by atoms with Crippen molar-refractivity contribution in [1.29, 1.82) is 0 Å². The van der Waals surface area contributed by atoms with Crippen molar-refractivity contribution in [2.75, 3.05) is 7.11 Å². The van der Waals surface area contributed by atoms with Gasteiger partial charge in [-0.1, -0.05) is 0 Å². The summed E-state index contributed by atoms with van der Waals surface area (Å²) in [5.74, 6) is 0.132. The van der Waals surface area contributed by atoms with E-state index in [-0.39, 0.29) is 5.82 Å². The van der Waals surface area contributed by atoms with Gasteiger partial charge in [0.25, 0.3) is 0 Å². The molecule has 2 fully saturated rings. The van der Waals surface area contributed by atoms with Crippen LogP contribution in [0.3, 0.4) is 0 Å². The highest BCUT2D eigenvalue weighted by Gasteiger charge is 2.44. The fraction of sp³-hybridized carbons (Fsp3) is 0.571. The summed E-state index contributed by atoms with van der Waals surface area (Å²) in [5, 5.41) is 11.9. The average molecular weight is 268 g/mol. The number of fused-ring (bicyclic) bond motifs is 2. The first-order valence-electron chi connectivity index (χ1n) is 6.32. The fourth-order valence-electron chi connectivity index (χ4n) is 3.10. The number of rotatable bonds is 2. The van der Waals surface area contributed by atoms with E-state index in [1.54, 1.807) is 6.07 Å². The van der Waals surface area contributed by atoms with Gasteiger partial charge in [-0.15, -0.1) is 0 Å². The molecule has 1 aromatic rings. The van der Waals surface area contributed by atoms with Crippen molar-refractivity contribution in [2.45, 2.75) is 41.8 Å². The number of ether oxygens (including phenoxy) is 1. The van der Waals surface area contributed by atoms with E-state index in [4.69, 9.17) is 4.74 Å². The summed E-state index contributed by atoms with van der Waals surface area (Å²) in [5.41, 5.74) is -0.219. The van der Waals surface area contributed by atoms with Crippen LogP contribution in [0.2, 0.25) is 0 Å². The molecular weight excluding hydrogens is 251 g/mol.